The van der Waals surface area contributed by atoms with E-state index in [0.29, 0.717) is 16.9 Å². The fourth-order valence-electron chi connectivity index (χ4n) is 2.86. The second-order valence-corrected chi connectivity index (χ2v) is 6.71. The number of aryl methyl sites for hydroxylation is 1. The predicted octanol–water partition coefficient (Wildman–Crippen LogP) is 2.76. The van der Waals surface area contributed by atoms with Crippen LogP contribution < -0.4 is 16.2 Å². The molecule has 0 spiro atoms. The SMILES string of the molecule is Cc1nn(CC(=O)Nc2ccccc2C(=O)Nc2ccc(F)cc2)c(=O)c(C#N)c1C. The summed E-state index contributed by atoms with van der Waals surface area (Å²) < 4.78 is 14.0. The molecule has 8 nitrogen and oxygen atoms in total. The van der Waals surface area contributed by atoms with E-state index in [1.54, 1.807) is 26.0 Å². The summed E-state index contributed by atoms with van der Waals surface area (Å²) in [6.07, 6.45) is 0. The molecule has 0 bridgehead atoms. The van der Waals surface area contributed by atoms with Gasteiger partial charge in [0.1, 0.15) is 24.0 Å². The number of para-hydroxylation sites is 1. The van der Waals surface area contributed by atoms with Gasteiger partial charge in [0.25, 0.3) is 11.5 Å². The Balaban J connectivity index is 1.80. The minimum Gasteiger partial charge on any atom is -0.324 e. The normalized spacial score (nSPS) is 10.3. The summed E-state index contributed by atoms with van der Waals surface area (Å²) in [6.45, 7) is 2.82. The van der Waals surface area contributed by atoms with Crippen molar-refractivity contribution in [1.82, 2.24) is 9.78 Å². The topological polar surface area (TPSA) is 117 Å². The van der Waals surface area contributed by atoms with E-state index in [1.165, 1.54) is 36.4 Å². The number of amides is 2. The van der Waals surface area contributed by atoms with Gasteiger partial charge >= 0.3 is 0 Å². The molecule has 9 heteroatoms. The number of halogens is 1. The minimum absolute atomic E-state index is 0.0700. The van der Waals surface area contributed by atoms with Crippen LogP contribution in [0.3, 0.4) is 0 Å². The number of aromatic nitrogens is 2. The van der Waals surface area contributed by atoms with Crippen LogP contribution in [-0.4, -0.2) is 21.6 Å². The first kappa shape index (κ1) is 21.4. The average Bonchev–Trinajstić information content (AvgIpc) is 2.74. The summed E-state index contributed by atoms with van der Waals surface area (Å²) in [4.78, 5) is 37.5. The second-order valence-electron chi connectivity index (χ2n) is 6.71. The molecule has 2 amide bonds. The van der Waals surface area contributed by atoms with Gasteiger partial charge in [0.05, 0.1) is 16.9 Å². The third-order valence-corrected chi connectivity index (χ3v) is 4.59. The van der Waals surface area contributed by atoms with Crippen LogP contribution in [0.25, 0.3) is 0 Å². The van der Waals surface area contributed by atoms with Crippen LogP contribution in [-0.2, 0) is 11.3 Å². The molecule has 0 saturated heterocycles. The van der Waals surface area contributed by atoms with Crippen LogP contribution in [0.1, 0.15) is 27.2 Å². The Morgan fingerprint density at radius 3 is 2.45 bits per heavy atom. The largest absolute Gasteiger partial charge is 0.324 e. The number of hydrogen-bond acceptors (Lipinski definition) is 5. The fourth-order valence-corrected chi connectivity index (χ4v) is 2.86. The molecule has 1 heterocycles. The molecule has 1 aromatic heterocycles. The Morgan fingerprint density at radius 1 is 1.10 bits per heavy atom. The van der Waals surface area contributed by atoms with Gasteiger partial charge in [0.15, 0.2) is 0 Å². The van der Waals surface area contributed by atoms with E-state index in [2.05, 4.69) is 15.7 Å². The lowest BCUT2D eigenvalue weighted by Gasteiger charge is -2.13. The zero-order valence-corrected chi connectivity index (χ0v) is 16.8. The van der Waals surface area contributed by atoms with Crippen LogP contribution in [0.2, 0.25) is 0 Å². The van der Waals surface area contributed by atoms with Crippen molar-refractivity contribution < 1.29 is 14.0 Å². The van der Waals surface area contributed by atoms with Crippen LogP contribution in [0.5, 0.6) is 0 Å². The maximum Gasteiger partial charge on any atom is 0.285 e. The molecular weight excluding hydrogens is 401 g/mol. The standard InChI is InChI=1S/C22H18FN5O3/c1-13-14(2)27-28(22(31)18(13)11-24)12-20(29)26-19-6-4-3-5-17(19)21(30)25-16-9-7-15(23)8-10-16/h3-10H,12H2,1-2H3,(H,25,30)(H,26,29). The third kappa shape index (κ3) is 4.82. The number of rotatable bonds is 5. The molecule has 0 aliphatic heterocycles. The number of nitrogens with one attached hydrogen (secondary N) is 2. The highest BCUT2D eigenvalue weighted by Crippen LogP contribution is 2.18. The average molecular weight is 419 g/mol. The van der Waals surface area contributed by atoms with E-state index in [-0.39, 0.29) is 16.8 Å². The van der Waals surface area contributed by atoms with Crippen molar-refractivity contribution in [2.24, 2.45) is 0 Å². The van der Waals surface area contributed by atoms with E-state index in [1.807, 2.05) is 6.07 Å². The highest BCUT2D eigenvalue weighted by molar-refractivity contribution is 6.10. The molecular formula is C22H18FN5O3. The maximum absolute atomic E-state index is 13.0. The van der Waals surface area contributed by atoms with Crippen LogP contribution in [0, 0.1) is 31.0 Å². The van der Waals surface area contributed by atoms with E-state index in [0.717, 1.165) is 4.68 Å². The van der Waals surface area contributed by atoms with Gasteiger partial charge < -0.3 is 10.6 Å². The highest BCUT2D eigenvalue weighted by atomic mass is 19.1. The molecule has 0 aliphatic carbocycles. The van der Waals surface area contributed by atoms with Crippen molar-refractivity contribution >= 4 is 23.2 Å². The van der Waals surface area contributed by atoms with Crippen LogP contribution >= 0.6 is 0 Å². The first-order valence-corrected chi connectivity index (χ1v) is 9.24. The Hall–Kier alpha value is -4.32. The Bertz CT molecular complexity index is 1260. The predicted molar refractivity (Wildman–Crippen MR) is 112 cm³/mol. The Morgan fingerprint density at radius 2 is 1.77 bits per heavy atom. The van der Waals surface area contributed by atoms with Gasteiger partial charge in [-0.1, -0.05) is 12.1 Å². The quantitative estimate of drug-likeness (QED) is 0.660. The van der Waals surface area contributed by atoms with Gasteiger partial charge in [0, 0.05) is 5.69 Å². The number of nitriles is 1. The number of carbonyl (C=O) groups is 2. The zero-order valence-electron chi connectivity index (χ0n) is 16.8. The number of hydrogen-bond donors (Lipinski definition) is 2. The molecule has 31 heavy (non-hydrogen) atoms. The molecule has 0 fully saturated rings. The molecule has 2 N–H and O–H groups in total. The van der Waals surface area contributed by atoms with Crippen LogP contribution in [0.4, 0.5) is 15.8 Å². The van der Waals surface area contributed by atoms with Gasteiger partial charge in [0.2, 0.25) is 5.91 Å². The Labute approximate surface area is 176 Å². The molecule has 3 aromatic rings. The van der Waals surface area contributed by atoms with Crippen molar-refractivity contribution in [3.8, 4) is 6.07 Å². The molecule has 2 aromatic carbocycles. The fraction of sp³-hybridized carbons (Fsp3) is 0.136. The lowest BCUT2D eigenvalue weighted by atomic mass is 10.1. The second kappa shape index (κ2) is 9.00. The van der Waals surface area contributed by atoms with E-state index in [9.17, 15) is 24.0 Å². The molecule has 0 aliphatic rings. The van der Waals surface area contributed by atoms with Crippen molar-refractivity contribution in [1.29, 1.82) is 5.26 Å². The van der Waals surface area contributed by atoms with E-state index < -0.39 is 29.7 Å². The molecule has 3 rings (SSSR count). The van der Waals surface area contributed by atoms with Crippen molar-refractivity contribution in [3.05, 3.63) is 87.1 Å². The summed E-state index contributed by atoms with van der Waals surface area (Å²) in [5.41, 5.74) is 0.989. The lowest BCUT2D eigenvalue weighted by Crippen LogP contribution is -2.32. The van der Waals surface area contributed by atoms with E-state index >= 15 is 0 Å². The molecule has 0 saturated carbocycles. The number of carbonyl (C=O) groups excluding carboxylic acids is 2. The molecule has 156 valence electrons. The van der Waals surface area contributed by atoms with Gasteiger partial charge in [-0.05, 0) is 55.8 Å². The number of anilines is 2. The Kier molecular flexibility index (Phi) is 6.21. The molecule has 0 radical (unpaired) electrons. The van der Waals surface area contributed by atoms with E-state index in [4.69, 9.17) is 0 Å². The van der Waals surface area contributed by atoms with Crippen LogP contribution in [0.15, 0.2) is 53.3 Å². The number of benzene rings is 2. The van der Waals surface area contributed by atoms with Gasteiger partial charge in [-0.2, -0.15) is 10.4 Å². The van der Waals surface area contributed by atoms with Gasteiger partial charge in [-0.15, -0.1) is 0 Å². The summed E-state index contributed by atoms with van der Waals surface area (Å²) in [6, 6.07) is 13.4. The van der Waals surface area contributed by atoms with Crippen molar-refractivity contribution in [2.45, 2.75) is 20.4 Å². The zero-order chi connectivity index (χ0) is 22.5. The van der Waals surface area contributed by atoms with Gasteiger partial charge in [-0.3, -0.25) is 14.4 Å². The van der Waals surface area contributed by atoms with Crippen molar-refractivity contribution in [3.63, 3.8) is 0 Å². The van der Waals surface area contributed by atoms with Gasteiger partial charge in [-0.25, -0.2) is 9.07 Å². The highest BCUT2D eigenvalue weighted by Gasteiger charge is 2.17. The minimum atomic E-state index is -0.664. The maximum atomic E-state index is 13.0. The molecule has 0 unspecified atom stereocenters. The summed E-state index contributed by atoms with van der Waals surface area (Å²) >= 11 is 0. The first-order valence-electron chi connectivity index (χ1n) is 9.24. The third-order valence-electron chi connectivity index (χ3n) is 4.59. The lowest BCUT2D eigenvalue weighted by molar-refractivity contribution is -0.117. The summed E-state index contributed by atoms with van der Waals surface area (Å²) in [7, 11) is 0. The smallest absolute Gasteiger partial charge is 0.285 e. The number of nitrogens with zero attached hydrogens (tertiary/aromatic N) is 3. The molecule has 0 atom stereocenters. The first-order chi connectivity index (χ1) is 14.8. The monoisotopic (exact) mass is 419 g/mol. The summed E-state index contributed by atoms with van der Waals surface area (Å²) in [5, 5.41) is 18.5. The summed E-state index contributed by atoms with van der Waals surface area (Å²) in [5.74, 6) is -1.53. The van der Waals surface area contributed by atoms with Crippen molar-refractivity contribution in [2.75, 3.05) is 10.6 Å².